The number of pyridine rings is 1. The van der Waals surface area contributed by atoms with E-state index in [4.69, 9.17) is 0 Å². The van der Waals surface area contributed by atoms with Gasteiger partial charge < -0.3 is 14.9 Å². The Hall–Kier alpha value is -2.73. The Balaban J connectivity index is 1.31. The van der Waals surface area contributed by atoms with Crippen LogP contribution in [0.2, 0.25) is 0 Å². The van der Waals surface area contributed by atoms with Crippen LogP contribution in [0.5, 0.6) is 0 Å². The molecule has 3 heterocycles. The molecule has 4 rings (SSSR count). The van der Waals surface area contributed by atoms with Crippen molar-refractivity contribution >= 4 is 11.8 Å². The van der Waals surface area contributed by atoms with Crippen molar-refractivity contribution in [2.45, 2.75) is 32.3 Å². The van der Waals surface area contributed by atoms with Crippen molar-refractivity contribution in [1.29, 1.82) is 0 Å². The van der Waals surface area contributed by atoms with Crippen LogP contribution >= 0.6 is 0 Å². The van der Waals surface area contributed by atoms with Crippen molar-refractivity contribution in [3.8, 4) is 0 Å². The normalized spacial score (nSPS) is 22.3. The first-order valence-corrected chi connectivity index (χ1v) is 10.7. The van der Waals surface area contributed by atoms with Crippen molar-refractivity contribution in [2.75, 3.05) is 26.2 Å². The summed E-state index contributed by atoms with van der Waals surface area (Å²) < 4.78 is 0. The molecule has 0 bridgehead atoms. The van der Waals surface area contributed by atoms with Crippen LogP contribution in [0.3, 0.4) is 0 Å². The maximum Gasteiger partial charge on any atom is 0.254 e. The summed E-state index contributed by atoms with van der Waals surface area (Å²) >= 11 is 0. The predicted octanol–water partition coefficient (Wildman–Crippen LogP) is 2.30. The number of carbonyl (C=O) groups is 2. The molecule has 2 aliphatic rings. The van der Waals surface area contributed by atoms with Gasteiger partial charge in [-0.25, -0.2) is 0 Å². The monoisotopic (exact) mass is 407 g/mol. The highest BCUT2D eigenvalue weighted by Gasteiger charge is 2.38. The summed E-state index contributed by atoms with van der Waals surface area (Å²) in [6.45, 7) is 4.13. The number of hydrogen-bond acceptors (Lipinski definition) is 4. The third-order valence-electron chi connectivity index (χ3n) is 6.47. The molecule has 2 saturated heterocycles. The van der Waals surface area contributed by atoms with E-state index in [1.54, 1.807) is 12.4 Å². The fourth-order valence-corrected chi connectivity index (χ4v) is 4.63. The smallest absolute Gasteiger partial charge is 0.254 e. The topological polar surface area (TPSA) is 73.7 Å². The van der Waals surface area contributed by atoms with E-state index in [0.29, 0.717) is 39.0 Å². The Morgan fingerprint density at radius 1 is 1.03 bits per heavy atom. The van der Waals surface area contributed by atoms with Gasteiger partial charge in [-0.15, -0.1) is 0 Å². The number of aromatic nitrogens is 1. The molecule has 2 aromatic rings. The zero-order chi connectivity index (χ0) is 21.1. The van der Waals surface area contributed by atoms with Gasteiger partial charge in [0.25, 0.3) is 5.91 Å². The second kappa shape index (κ2) is 8.96. The Kier molecular flexibility index (Phi) is 6.13. The van der Waals surface area contributed by atoms with Gasteiger partial charge in [0.2, 0.25) is 5.91 Å². The van der Waals surface area contributed by atoms with E-state index in [1.165, 1.54) is 0 Å². The summed E-state index contributed by atoms with van der Waals surface area (Å²) in [5, 5.41) is 10.5. The number of nitrogens with zero attached hydrogens (tertiary/aromatic N) is 3. The minimum atomic E-state index is -0.496. The van der Waals surface area contributed by atoms with Crippen LogP contribution in [0.25, 0.3) is 0 Å². The molecule has 0 saturated carbocycles. The summed E-state index contributed by atoms with van der Waals surface area (Å²) in [4.78, 5) is 33.6. The zero-order valence-corrected chi connectivity index (χ0v) is 17.4. The lowest BCUT2D eigenvalue weighted by Crippen LogP contribution is -2.44. The maximum atomic E-state index is 13.0. The first-order chi connectivity index (χ1) is 14.5. The van der Waals surface area contributed by atoms with Gasteiger partial charge in [0, 0.05) is 56.0 Å². The molecule has 30 heavy (non-hydrogen) atoms. The number of likely N-dealkylation sites (tertiary alicyclic amines) is 2. The molecule has 0 radical (unpaired) electrons. The second-order valence-electron chi connectivity index (χ2n) is 8.51. The number of aryl methyl sites for hydroxylation is 1. The SMILES string of the molecule is Cc1ccccc1C(=O)N1CCC(C(=O)N2C[C@@H](Cc3ccncc3)[C@H](O)C2)CC1. The minimum absolute atomic E-state index is 0.0491. The van der Waals surface area contributed by atoms with E-state index in [-0.39, 0.29) is 23.7 Å². The zero-order valence-electron chi connectivity index (χ0n) is 17.4. The van der Waals surface area contributed by atoms with E-state index < -0.39 is 6.10 Å². The molecule has 2 aliphatic heterocycles. The molecule has 6 heteroatoms. The van der Waals surface area contributed by atoms with Crippen LogP contribution in [0.15, 0.2) is 48.8 Å². The van der Waals surface area contributed by atoms with E-state index in [9.17, 15) is 14.7 Å². The van der Waals surface area contributed by atoms with Crippen LogP contribution < -0.4 is 0 Å². The Labute approximate surface area is 177 Å². The van der Waals surface area contributed by atoms with Gasteiger partial charge in [0.1, 0.15) is 0 Å². The molecule has 6 nitrogen and oxygen atoms in total. The average Bonchev–Trinajstić information content (AvgIpc) is 3.14. The molecule has 2 fully saturated rings. The average molecular weight is 408 g/mol. The van der Waals surface area contributed by atoms with Gasteiger partial charge in [0.15, 0.2) is 0 Å². The van der Waals surface area contributed by atoms with E-state index >= 15 is 0 Å². The summed E-state index contributed by atoms with van der Waals surface area (Å²) in [6.07, 6.45) is 5.12. The maximum absolute atomic E-state index is 13.0. The highest BCUT2D eigenvalue weighted by atomic mass is 16.3. The van der Waals surface area contributed by atoms with Crippen LogP contribution in [0, 0.1) is 18.8 Å². The van der Waals surface area contributed by atoms with E-state index in [0.717, 1.165) is 23.1 Å². The largest absolute Gasteiger partial charge is 0.391 e. The summed E-state index contributed by atoms with van der Waals surface area (Å²) in [5.41, 5.74) is 2.85. The van der Waals surface area contributed by atoms with Gasteiger partial charge in [-0.1, -0.05) is 18.2 Å². The fraction of sp³-hybridized carbons (Fsp3) is 0.458. The number of hydrogen-bond donors (Lipinski definition) is 1. The Morgan fingerprint density at radius 3 is 2.43 bits per heavy atom. The molecule has 0 unspecified atom stereocenters. The minimum Gasteiger partial charge on any atom is -0.391 e. The van der Waals surface area contributed by atoms with Gasteiger partial charge in [-0.3, -0.25) is 14.6 Å². The number of aliphatic hydroxyl groups is 1. The number of amides is 2. The molecule has 2 amide bonds. The molecule has 158 valence electrons. The van der Waals surface area contributed by atoms with Gasteiger partial charge in [-0.2, -0.15) is 0 Å². The Bertz CT molecular complexity index is 894. The van der Waals surface area contributed by atoms with Gasteiger partial charge >= 0.3 is 0 Å². The molecule has 2 atom stereocenters. The second-order valence-corrected chi connectivity index (χ2v) is 8.51. The van der Waals surface area contributed by atoms with Crippen LogP contribution in [0.1, 0.15) is 34.3 Å². The van der Waals surface area contributed by atoms with E-state index in [1.807, 2.05) is 53.1 Å². The first kappa shape index (κ1) is 20.5. The number of β-amino-alcohol motifs (C(OH)–C–C–N with tert-alkyl or cyclic N) is 1. The highest BCUT2D eigenvalue weighted by Crippen LogP contribution is 2.27. The standard InChI is InChI=1S/C24H29N3O3/c1-17-4-2-3-5-21(17)24(30)26-12-8-19(9-13-26)23(29)27-15-20(22(28)16-27)14-18-6-10-25-11-7-18/h2-7,10-11,19-20,22,28H,8-9,12-16H2,1H3/t20-,22-/m1/s1. The van der Waals surface area contributed by atoms with Gasteiger partial charge in [0.05, 0.1) is 6.10 Å². The lowest BCUT2D eigenvalue weighted by molar-refractivity contribution is -0.136. The van der Waals surface area contributed by atoms with Gasteiger partial charge in [-0.05, 0) is 55.5 Å². The number of aliphatic hydroxyl groups excluding tert-OH is 1. The third-order valence-corrected chi connectivity index (χ3v) is 6.47. The quantitative estimate of drug-likeness (QED) is 0.844. The first-order valence-electron chi connectivity index (χ1n) is 10.7. The van der Waals surface area contributed by atoms with Crippen LogP contribution in [-0.4, -0.2) is 64.0 Å². The molecular formula is C24H29N3O3. The van der Waals surface area contributed by atoms with Crippen LogP contribution in [-0.2, 0) is 11.2 Å². The lowest BCUT2D eigenvalue weighted by Gasteiger charge is -2.33. The fourth-order valence-electron chi connectivity index (χ4n) is 4.63. The molecule has 0 spiro atoms. The number of benzene rings is 1. The van der Waals surface area contributed by atoms with Crippen molar-refractivity contribution in [3.63, 3.8) is 0 Å². The highest BCUT2D eigenvalue weighted by molar-refractivity contribution is 5.95. The van der Waals surface area contributed by atoms with Crippen molar-refractivity contribution in [1.82, 2.24) is 14.8 Å². The van der Waals surface area contributed by atoms with E-state index in [2.05, 4.69) is 4.98 Å². The lowest BCUT2D eigenvalue weighted by atomic mass is 9.94. The Morgan fingerprint density at radius 2 is 1.73 bits per heavy atom. The molecule has 1 aromatic heterocycles. The van der Waals surface area contributed by atoms with Crippen molar-refractivity contribution in [3.05, 3.63) is 65.5 Å². The number of rotatable bonds is 4. The summed E-state index contributed by atoms with van der Waals surface area (Å²) in [6, 6.07) is 11.5. The molecule has 1 aromatic carbocycles. The van der Waals surface area contributed by atoms with Crippen molar-refractivity contribution in [2.24, 2.45) is 11.8 Å². The van der Waals surface area contributed by atoms with Crippen molar-refractivity contribution < 1.29 is 14.7 Å². The summed E-state index contributed by atoms with van der Waals surface area (Å²) in [5.74, 6) is 0.152. The number of piperidine rings is 1. The predicted molar refractivity (Wildman–Crippen MR) is 114 cm³/mol. The molecule has 1 N–H and O–H groups in total. The molecular weight excluding hydrogens is 378 g/mol. The number of carbonyl (C=O) groups excluding carboxylic acids is 2. The third kappa shape index (κ3) is 4.38. The van der Waals surface area contributed by atoms with Crippen LogP contribution in [0.4, 0.5) is 0 Å². The summed E-state index contributed by atoms with van der Waals surface area (Å²) in [7, 11) is 0. The molecule has 0 aliphatic carbocycles.